The molecule has 3 rings (SSSR count). The van der Waals surface area contributed by atoms with Crippen molar-refractivity contribution < 1.29 is 9.59 Å². The number of amides is 1. The standard InChI is InChI=1S/C11H8INO2/c12-7-4-6-2-1-3-13-9(6)8(5-7)10(14)11(13)15/h4-5H,1-3H2. The van der Waals surface area contributed by atoms with Crippen molar-refractivity contribution in [2.24, 2.45) is 0 Å². The molecule has 0 saturated heterocycles. The first-order valence-corrected chi connectivity index (χ1v) is 5.95. The normalized spacial score (nSPS) is 18.3. The molecule has 3 nitrogen and oxygen atoms in total. The maximum absolute atomic E-state index is 11.7. The lowest BCUT2D eigenvalue weighted by molar-refractivity contribution is -0.114. The molecule has 0 spiro atoms. The highest BCUT2D eigenvalue weighted by Crippen LogP contribution is 2.37. The lowest BCUT2D eigenvalue weighted by Gasteiger charge is -2.24. The molecule has 0 atom stereocenters. The Kier molecular flexibility index (Phi) is 1.89. The second-order valence-corrected chi connectivity index (χ2v) is 5.10. The number of hydrogen-bond acceptors (Lipinski definition) is 2. The Balaban J connectivity index is 2.33. The number of anilines is 1. The highest BCUT2D eigenvalue weighted by Gasteiger charge is 2.39. The SMILES string of the molecule is O=C1C(=O)N2CCCc3cc(I)cc1c32. The molecule has 0 fully saturated rings. The van der Waals surface area contributed by atoms with E-state index in [-0.39, 0.29) is 11.7 Å². The number of carbonyl (C=O) groups is 2. The fourth-order valence-electron chi connectivity index (χ4n) is 2.32. The van der Waals surface area contributed by atoms with Crippen LogP contribution in [-0.2, 0) is 11.2 Å². The molecule has 1 amide bonds. The Hall–Kier alpha value is -0.910. The van der Waals surface area contributed by atoms with Gasteiger partial charge in [-0.05, 0) is 53.1 Å². The Morgan fingerprint density at radius 3 is 2.87 bits per heavy atom. The molecule has 2 aliphatic rings. The predicted octanol–water partition coefficient (Wildman–Crippen LogP) is 1.77. The number of benzene rings is 1. The lowest BCUT2D eigenvalue weighted by atomic mass is 10.0. The zero-order valence-electron chi connectivity index (χ0n) is 7.92. The van der Waals surface area contributed by atoms with Gasteiger partial charge in [0.1, 0.15) is 0 Å². The summed E-state index contributed by atoms with van der Waals surface area (Å²) in [7, 11) is 0. The van der Waals surface area contributed by atoms with E-state index < -0.39 is 0 Å². The van der Waals surface area contributed by atoms with E-state index in [1.54, 1.807) is 4.90 Å². The Morgan fingerprint density at radius 1 is 1.27 bits per heavy atom. The number of carbonyl (C=O) groups excluding carboxylic acids is 2. The van der Waals surface area contributed by atoms with Crippen LogP contribution in [0.25, 0.3) is 0 Å². The summed E-state index contributed by atoms with van der Waals surface area (Å²) in [5.74, 6) is -0.695. The minimum absolute atomic E-state index is 0.341. The fourth-order valence-corrected chi connectivity index (χ4v) is 3.01. The quantitative estimate of drug-likeness (QED) is 0.541. The Labute approximate surface area is 101 Å². The zero-order valence-corrected chi connectivity index (χ0v) is 10.1. The predicted molar refractivity (Wildman–Crippen MR) is 64.2 cm³/mol. The maximum Gasteiger partial charge on any atom is 0.299 e. The van der Waals surface area contributed by atoms with Gasteiger partial charge in [-0.3, -0.25) is 9.59 Å². The molecule has 0 aliphatic carbocycles. The Morgan fingerprint density at radius 2 is 2.07 bits per heavy atom. The van der Waals surface area contributed by atoms with Crippen molar-refractivity contribution in [2.45, 2.75) is 12.8 Å². The van der Waals surface area contributed by atoms with E-state index in [2.05, 4.69) is 28.7 Å². The smallest absolute Gasteiger partial charge is 0.299 e. The van der Waals surface area contributed by atoms with E-state index >= 15 is 0 Å². The van der Waals surface area contributed by atoms with Crippen molar-refractivity contribution in [1.82, 2.24) is 0 Å². The molecule has 76 valence electrons. The van der Waals surface area contributed by atoms with Crippen molar-refractivity contribution in [2.75, 3.05) is 11.4 Å². The summed E-state index contributed by atoms with van der Waals surface area (Å²) in [5, 5.41) is 0. The molecule has 0 N–H and O–H groups in total. The highest BCUT2D eigenvalue weighted by molar-refractivity contribution is 14.1. The second kappa shape index (κ2) is 3.04. The first kappa shape index (κ1) is 9.33. The molecule has 0 saturated carbocycles. The van der Waals surface area contributed by atoms with E-state index in [4.69, 9.17) is 0 Å². The molecule has 1 aromatic rings. The number of Topliss-reactive ketones (excluding diaryl/α,β-unsaturated/α-hetero) is 1. The van der Waals surface area contributed by atoms with Crippen LogP contribution in [0.3, 0.4) is 0 Å². The molecule has 0 unspecified atom stereocenters. The van der Waals surface area contributed by atoms with Crippen LogP contribution in [0.1, 0.15) is 22.3 Å². The van der Waals surface area contributed by atoms with Crippen LogP contribution in [0.15, 0.2) is 12.1 Å². The summed E-state index contributed by atoms with van der Waals surface area (Å²) in [5.41, 5.74) is 2.61. The van der Waals surface area contributed by atoms with Crippen molar-refractivity contribution >= 4 is 40.0 Å². The average molecular weight is 313 g/mol. The molecule has 0 bridgehead atoms. The number of rotatable bonds is 0. The van der Waals surface area contributed by atoms with E-state index in [0.29, 0.717) is 12.1 Å². The molecular formula is C11H8INO2. The maximum atomic E-state index is 11.7. The van der Waals surface area contributed by atoms with Gasteiger partial charge < -0.3 is 4.90 Å². The molecule has 0 radical (unpaired) electrons. The van der Waals surface area contributed by atoms with Crippen LogP contribution in [0, 0.1) is 3.57 Å². The summed E-state index contributed by atoms with van der Waals surface area (Å²) in [6, 6.07) is 3.88. The van der Waals surface area contributed by atoms with Gasteiger partial charge in [0.05, 0.1) is 11.3 Å². The summed E-state index contributed by atoms with van der Waals surface area (Å²) in [6.07, 6.45) is 1.92. The van der Waals surface area contributed by atoms with Crippen molar-refractivity contribution in [3.63, 3.8) is 0 Å². The van der Waals surface area contributed by atoms with Crippen LogP contribution >= 0.6 is 22.6 Å². The third kappa shape index (κ3) is 1.17. The van der Waals surface area contributed by atoms with Gasteiger partial charge in [0.15, 0.2) is 0 Å². The number of nitrogens with zero attached hydrogens (tertiary/aromatic N) is 1. The average Bonchev–Trinajstić information content (AvgIpc) is 2.46. The number of halogens is 1. The minimum atomic E-state index is -0.354. The van der Waals surface area contributed by atoms with E-state index in [1.807, 2.05) is 6.07 Å². The highest BCUT2D eigenvalue weighted by atomic mass is 127. The Bertz CT molecular complexity index is 496. The lowest BCUT2D eigenvalue weighted by Crippen LogP contribution is -2.33. The first-order chi connectivity index (χ1) is 7.18. The summed E-state index contributed by atoms with van der Waals surface area (Å²) >= 11 is 2.19. The van der Waals surface area contributed by atoms with Crippen molar-refractivity contribution in [1.29, 1.82) is 0 Å². The third-order valence-electron chi connectivity index (χ3n) is 2.94. The van der Waals surface area contributed by atoms with Crippen molar-refractivity contribution in [3.8, 4) is 0 Å². The molecule has 1 aromatic carbocycles. The van der Waals surface area contributed by atoms with Gasteiger partial charge in [-0.15, -0.1) is 0 Å². The van der Waals surface area contributed by atoms with Gasteiger partial charge in [-0.2, -0.15) is 0 Å². The monoisotopic (exact) mass is 313 g/mol. The van der Waals surface area contributed by atoms with Gasteiger partial charge in [-0.25, -0.2) is 0 Å². The van der Waals surface area contributed by atoms with Gasteiger partial charge in [0, 0.05) is 10.1 Å². The second-order valence-electron chi connectivity index (χ2n) is 3.85. The van der Waals surface area contributed by atoms with E-state index in [1.165, 1.54) is 0 Å². The molecule has 2 heterocycles. The summed E-state index contributed by atoms with van der Waals surface area (Å²) < 4.78 is 1.03. The van der Waals surface area contributed by atoms with Crippen LogP contribution in [0.4, 0.5) is 5.69 Å². The molecular weight excluding hydrogens is 305 g/mol. The van der Waals surface area contributed by atoms with Gasteiger partial charge in [0.25, 0.3) is 11.7 Å². The van der Waals surface area contributed by atoms with Crippen LogP contribution < -0.4 is 4.90 Å². The molecule has 4 heteroatoms. The number of hydrogen-bond donors (Lipinski definition) is 0. The van der Waals surface area contributed by atoms with Crippen LogP contribution in [0.5, 0.6) is 0 Å². The van der Waals surface area contributed by atoms with Gasteiger partial charge in [0.2, 0.25) is 0 Å². The van der Waals surface area contributed by atoms with E-state index in [0.717, 1.165) is 27.7 Å². The summed E-state index contributed by atoms with van der Waals surface area (Å²) in [4.78, 5) is 25.0. The number of aryl methyl sites for hydroxylation is 1. The van der Waals surface area contributed by atoms with Crippen molar-refractivity contribution in [3.05, 3.63) is 26.8 Å². The largest absolute Gasteiger partial charge is 0.304 e. The number of ketones is 1. The molecule has 2 aliphatic heterocycles. The van der Waals surface area contributed by atoms with Gasteiger partial charge in [-0.1, -0.05) is 0 Å². The van der Waals surface area contributed by atoms with E-state index in [9.17, 15) is 9.59 Å². The molecule has 15 heavy (non-hydrogen) atoms. The fraction of sp³-hybridized carbons (Fsp3) is 0.273. The topological polar surface area (TPSA) is 37.4 Å². The van der Waals surface area contributed by atoms with Crippen LogP contribution in [-0.4, -0.2) is 18.2 Å². The van der Waals surface area contributed by atoms with Crippen LogP contribution in [0.2, 0.25) is 0 Å². The minimum Gasteiger partial charge on any atom is -0.304 e. The summed E-state index contributed by atoms with van der Waals surface area (Å²) in [6.45, 7) is 0.686. The van der Waals surface area contributed by atoms with Gasteiger partial charge >= 0.3 is 0 Å². The third-order valence-corrected chi connectivity index (χ3v) is 3.56. The zero-order chi connectivity index (χ0) is 10.6. The molecule has 0 aromatic heterocycles. The first-order valence-electron chi connectivity index (χ1n) is 4.87.